The zero-order chi connectivity index (χ0) is 20.4. The molecule has 1 fully saturated rings. The van der Waals surface area contributed by atoms with Gasteiger partial charge in [0.15, 0.2) is 6.61 Å². The quantitative estimate of drug-likeness (QED) is 0.654. The molecule has 2 aromatic carbocycles. The van der Waals surface area contributed by atoms with Gasteiger partial charge in [-0.05, 0) is 62.1 Å². The maximum atomic E-state index is 12.7. The number of nitrogens with one attached hydrogen (secondary N) is 2. The number of carbonyl (C=O) groups is 2. The molecule has 0 saturated heterocycles. The van der Waals surface area contributed by atoms with Gasteiger partial charge in [-0.15, -0.1) is 0 Å². The Morgan fingerprint density at radius 2 is 1.76 bits per heavy atom. The molecule has 0 radical (unpaired) electrons. The van der Waals surface area contributed by atoms with Crippen molar-refractivity contribution in [3.63, 3.8) is 0 Å². The topological polar surface area (TPSA) is 80.3 Å². The Balaban J connectivity index is 1.41. The van der Waals surface area contributed by atoms with Crippen LogP contribution in [0.1, 0.15) is 45.9 Å². The molecule has 0 atom stereocenters. The van der Waals surface area contributed by atoms with E-state index in [1.54, 1.807) is 0 Å². The third kappa shape index (κ3) is 4.54. The minimum absolute atomic E-state index is 0.187. The number of benzene rings is 2. The van der Waals surface area contributed by atoms with Crippen molar-refractivity contribution in [1.82, 2.24) is 15.8 Å². The average molecular weight is 389 g/mol. The predicted octanol–water partition coefficient (Wildman–Crippen LogP) is 3.57. The van der Waals surface area contributed by atoms with E-state index in [-0.39, 0.29) is 12.5 Å². The van der Waals surface area contributed by atoms with Crippen LogP contribution < -0.4 is 15.6 Å². The summed E-state index contributed by atoms with van der Waals surface area (Å²) >= 11 is 0. The van der Waals surface area contributed by atoms with Gasteiger partial charge in [-0.2, -0.15) is 0 Å². The van der Waals surface area contributed by atoms with Gasteiger partial charge in [0.2, 0.25) is 0 Å². The highest BCUT2D eigenvalue weighted by Gasteiger charge is 2.27. The van der Waals surface area contributed by atoms with Crippen molar-refractivity contribution in [3.05, 3.63) is 70.9 Å². The number of hydrogen-bond donors (Lipinski definition) is 2. The van der Waals surface area contributed by atoms with E-state index >= 15 is 0 Å². The molecule has 3 aromatic rings. The summed E-state index contributed by atoms with van der Waals surface area (Å²) in [6.07, 6.45) is 2.19. The van der Waals surface area contributed by atoms with Gasteiger partial charge < -0.3 is 4.74 Å². The van der Waals surface area contributed by atoms with E-state index in [4.69, 9.17) is 4.74 Å². The van der Waals surface area contributed by atoms with Crippen molar-refractivity contribution < 1.29 is 14.3 Å². The molecule has 148 valence electrons. The smallest absolute Gasteiger partial charge is 0.276 e. The van der Waals surface area contributed by atoms with Gasteiger partial charge in [0, 0.05) is 17.0 Å². The van der Waals surface area contributed by atoms with Crippen LogP contribution in [0.5, 0.6) is 5.75 Å². The molecule has 1 aliphatic carbocycles. The summed E-state index contributed by atoms with van der Waals surface area (Å²) in [7, 11) is 0. The van der Waals surface area contributed by atoms with Crippen LogP contribution in [0, 0.1) is 13.8 Å². The second kappa shape index (κ2) is 7.91. The van der Waals surface area contributed by atoms with Gasteiger partial charge >= 0.3 is 0 Å². The molecular weight excluding hydrogens is 366 g/mol. The summed E-state index contributed by atoms with van der Waals surface area (Å²) in [5, 5.41) is 0.759. The number of fused-ring (bicyclic) bond motifs is 1. The average Bonchev–Trinajstić information content (AvgIpc) is 3.54. The summed E-state index contributed by atoms with van der Waals surface area (Å²) in [5.74, 6) is 0.244. The van der Waals surface area contributed by atoms with Crippen LogP contribution in [0.4, 0.5) is 0 Å². The number of para-hydroxylation sites is 1. The first kappa shape index (κ1) is 18.9. The van der Waals surface area contributed by atoms with Crippen molar-refractivity contribution in [2.24, 2.45) is 0 Å². The number of aryl methyl sites for hydroxylation is 2. The van der Waals surface area contributed by atoms with Gasteiger partial charge in [-0.25, -0.2) is 0 Å². The SMILES string of the molecule is Cc1cc(C)cc(OCC(=O)NNC(=O)c2cc(C3CC3)nc3ccccc23)c1. The van der Waals surface area contributed by atoms with Crippen LogP contribution in [-0.4, -0.2) is 23.4 Å². The molecule has 2 N–H and O–H groups in total. The van der Waals surface area contributed by atoms with Crippen LogP contribution in [-0.2, 0) is 4.79 Å². The Kier molecular flexibility index (Phi) is 5.16. The van der Waals surface area contributed by atoms with E-state index in [1.807, 2.05) is 62.4 Å². The molecule has 2 amide bonds. The highest BCUT2D eigenvalue weighted by molar-refractivity contribution is 6.06. The number of amides is 2. The minimum atomic E-state index is -0.432. The standard InChI is InChI=1S/C23H23N3O3/c1-14-9-15(2)11-17(10-14)29-13-22(27)25-26-23(28)19-12-21(16-7-8-16)24-20-6-4-3-5-18(19)20/h3-6,9-12,16H,7-8,13H2,1-2H3,(H,25,27)(H,26,28). The number of hydrogen-bond acceptors (Lipinski definition) is 4. The lowest BCUT2D eigenvalue weighted by molar-refractivity contribution is -0.123. The Labute approximate surface area is 169 Å². The molecule has 4 rings (SSSR count). The third-order valence-electron chi connectivity index (χ3n) is 4.86. The Morgan fingerprint density at radius 1 is 1.03 bits per heavy atom. The summed E-state index contributed by atoms with van der Waals surface area (Å²) < 4.78 is 5.52. The summed E-state index contributed by atoms with van der Waals surface area (Å²) in [4.78, 5) is 29.5. The van der Waals surface area contributed by atoms with Crippen molar-refractivity contribution in [2.45, 2.75) is 32.6 Å². The minimum Gasteiger partial charge on any atom is -0.484 e. The maximum Gasteiger partial charge on any atom is 0.276 e. The molecule has 6 nitrogen and oxygen atoms in total. The lowest BCUT2D eigenvalue weighted by atomic mass is 10.1. The van der Waals surface area contributed by atoms with Crippen molar-refractivity contribution >= 4 is 22.7 Å². The molecular formula is C23H23N3O3. The Bertz CT molecular complexity index is 1070. The normalized spacial score (nSPS) is 13.2. The van der Waals surface area contributed by atoms with Crippen LogP contribution in [0.25, 0.3) is 10.9 Å². The van der Waals surface area contributed by atoms with Gasteiger partial charge in [0.25, 0.3) is 11.8 Å². The van der Waals surface area contributed by atoms with E-state index in [0.29, 0.717) is 17.2 Å². The molecule has 1 heterocycles. The number of rotatable bonds is 5. The van der Waals surface area contributed by atoms with Crippen molar-refractivity contribution in [2.75, 3.05) is 6.61 Å². The zero-order valence-electron chi connectivity index (χ0n) is 16.5. The molecule has 0 bridgehead atoms. The molecule has 29 heavy (non-hydrogen) atoms. The maximum absolute atomic E-state index is 12.7. The first-order valence-electron chi connectivity index (χ1n) is 9.69. The van der Waals surface area contributed by atoms with Crippen LogP contribution in [0.3, 0.4) is 0 Å². The first-order valence-corrected chi connectivity index (χ1v) is 9.69. The van der Waals surface area contributed by atoms with Gasteiger partial charge in [0.05, 0.1) is 11.1 Å². The largest absolute Gasteiger partial charge is 0.484 e. The van der Waals surface area contributed by atoms with Crippen molar-refractivity contribution in [3.8, 4) is 5.75 Å². The van der Waals surface area contributed by atoms with Gasteiger partial charge in [-0.1, -0.05) is 24.3 Å². The zero-order valence-corrected chi connectivity index (χ0v) is 16.5. The fraction of sp³-hybridized carbons (Fsp3) is 0.261. The number of hydrazine groups is 1. The lowest BCUT2D eigenvalue weighted by Crippen LogP contribution is -2.44. The predicted molar refractivity (Wildman–Crippen MR) is 111 cm³/mol. The highest BCUT2D eigenvalue weighted by atomic mass is 16.5. The first-order chi connectivity index (χ1) is 14.0. The number of nitrogens with zero attached hydrogens (tertiary/aromatic N) is 1. The second-order valence-corrected chi connectivity index (χ2v) is 7.50. The fourth-order valence-corrected chi connectivity index (χ4v) is 3.37. The highest BCUT2D eigenvalue weighted by Crippen LogP contribution is 2.40. The number of ether oxygens (including phenoxy) is 1. The molecule has 0 aliphatic heterocycles. The number of aromatic nitrogens is 1. The fourth-order valence-electron chi connectivity index (χ4n) is 3.37. The van der Waals surface area contributed by atoms with E-state index in [9.17, 15) is 9.59 Å². The second-order valence-electron chi connectivity index (χ2n) is 7.50. The van der Waals surface area contributed by atoms with Crippen molar-refractivity contribution in [1.29, 1.82) is 0 Å². The van der Waals surface area contributed by atoms with Gasteiger partial charge in [-0.3, -0.25) is 25.4 Å². The number of carbonyl (C=O) groups excluding carboxylic acids is 2. The summed E-state index contributed by atoms with van der Waals surface area (Å²) in [6.45, 7) is 3.75. The molecule has 1 saturated carbocycles. The Hall–Kier alpha value is -3.41. The molecule has 1 aliphatic rings. The summed E-state index contributed by atoms with van der Waals surface area (Å²) in [5.41, 5.74) is 9.26. The van der Waals surface area contributed by atoms with Crippen LogP contribution >= 0.6 is 0 Å². The third-order valence-corrected chi connectivity index (χ3v) is 4.86. The monoisotopic (exact) mass is 389 g/mol. The molecule has 0 unspecified atom stereocenters. The van der Waals surface area contributed by atoms with E-state index < -0.39 is 5.91 Å². The van der Waals surface area contributed by atoms with E-state index in [0.717, 1.165) is 40.6 Å². The van der Waals surface area contributed by atoms with E-state index in [1.165, 1.54) is 0 Å². The number of pyridine rings is 1. The Morgan fingerprint density at radius 3 is 2.48 bits per heavy atom. The summed E-state index contributed by atoms with van der Waals surface area (Å²) in [6, 6.07) is 15.1. The van der Waals surface area contributed by atoms with Crippen LogP contribution in [0.15, 0.2) is 48.5 Å². The molecule has 1 aromatic heterocycles. The van der Waals surface area contributed by atoms with Gasteiger partial charge in [0.1, 0.15) is 5.75 Å². The molecule has 6 heteroatoms. The molecule has 0 spiro atoms. The van der Waals surface area contributed by atoms with Crippen LogP contribution in [0.2, 0.25) is 0 Å². The van der Waals surface area contributed by atoms with E-state index in [2.05, 4.69) is 15.8 Å². The lowest BCUT2D eigenvalue weighted by Gasteiger charge is -2.12.